The maximum atomic E-state index is 12.6. The van der Waals surface area contributed by atoms with Crippen LogP contribution in [0.1, 0.15) is 28.4 Å². The predicted octanol–water partition coefficient (Wildman–Crippen LogP) is 3.53. The second kappa shape index (κ2) is 8.36. The van der Waals surface area contributed by atoms with Crippen LogP contribution in [0.4, 0.5) is 5.69 Å². The Hall–Kier alpha value is -3.33. The Balaban J connectivity index is 2.09. The maximum absolute atomic E-state index is 12.6. The van der Waals surface area contributed by atoms with E-state index in [-0.39, 0.29) is 24.4 Å². The van der Waals surface area contributed by atoms with Gasteiger partial charge in [-0.1, -0.05) is 11.3 Å². The van der Waals surface area contributed by atoms with Crippen LogP contribution in [0.5, 0.6) is 0 Å². The SMILES string of the molecule is CCOC(=O)Cn1c(=NC(=O)c2ccc([N+](=O)[O-])cc2)sc2cc(C)c(C)cc21. The van der Waals surface area contributed by atoms with Gasteiger partial charge in [0.25, 0.3) is 11.6 Å². The second-order valence-corrected chi connectivity index (χ2v) is 7.41. The van der Waals surface area contributed by atoms with E-state index in [4.69, 9.17) is 4.74 Å². The third kappa shape index (κ3) is 4.40. The highest BCUT2D eigenvalue weighted by atomic mass is 32.1. The summed E-state index contributed by atoms with van der Waals surface area (Å²) in [7, 11) is 0. The molecule has 0 atom stereocenters. The number of non-ortho nitro benzene ring substituents is 1. The quantitative estimate of drug-likeness (QED) is 0.362. The molecule has 150 valence electrons. The van der Waals surface area contributed by atoms with Crippen LogP contribution in [-0.4, -0.2) is 28.0 Å². The molecule has 0 aliphatic carbocycles. The van der Waals surface area contributed by atoms with E-state index in [9.17, 15) is 19.7 Å². The molecular formula is C20H19N3O5S. The molecule has 0 spiro atoms. The lowest BCUT2D eigenvalue weighted by Gasteiger charge is -2.06. The fourth-order valence-corrected chi connectivity index (χ4v) is 3.88. The van der Waals surface area contributed by atoms with Crippen LogP contribution >= 0.6 is 11.3 Å². The van der Waals surface area contributed by atoms with Gasteiger partial charge in [-0.15, -0.1) is 0 Å². The smallest absolute Gasteiger partial charge is 0.326 e. The number of hydrogen-bond donors (Lipinski definition) is 0. The minimum atomic E-state index is -0.544. The van der Waals surface area contributed by atoms with Gasteiger partial charge in [-0.05, 0) is 56.2 Å². The molecule has 3 rings (SSSR count). The monoisotopic (exact) mass is 413 g/mol. The van der Waals surface area contributed by atoms with Crippen LogP contribution < -0.4 is 4.80 Å². The summed E-state index contributed by atoms with van der Waals surface area (Å²) in [6.45, 7) is 5.88. The molecule has 0 N–H and O–H groups in total. The van der Waals surface area contributed by atoms with E-state index in [1.54, 1.807) is 11.5 Å². The molecule has 29 heavy (non-hydrogen) atoms. The number of carbonyl (C=O) groups is 2. The van der Waals surface area contributed by atoms with Crippen LogP contribution in [0.3, 0.4) is 0 Å². The molecule has 0 bridgehead atoms. The Morgan fingerprint density at radius 2 is 1.83 bits per heavy atom. The number of carbonyl (C=O) groups excluding carboxylic acids is 2. The summed E-state index contributed by atoms with van der Waals surface area (Å²) in [5, 5.41) is 10.8. The molecule has 0 saturated carbocycles. The van der Waals surface area contributed by atoms with Gasteiger partial charge in [0.05, 0.1) is 21.7 Å². The number of fused-ring (bicyclic) bond motifs is 1. The van der Waals surface area contributed by atoms with E-state index in [0.29, 0.717) is 4.80 Å². The number of nitro groups is 1. The molecule has 3 aromatic rings. The van der Waals surface area contributed by atoms with Crippen molar-refractivity contribution in [2.24, 2.45) is 4.99 Å². The average molecular weight is 413 g/mol. The number of thiazole rings is 1. The van der Waals surface area contributed by atoms with Gasteiger partial charge < -0.3 is 9.30 Å². The van der Waals surface area contributed by atoms with Gasteiger partial charge in [0.15, 0.2) is 4.80 Å². The first-order valence-electron chi connectivity index (χ1n) is 8.90. The summed E-state index contributed by atoms with van der Waals surface area (Å²) < 4.78 is 7.61. The van der Waals surface area contributed by atoms with Crippen molar-refractivity contribution in [3.63, 3.8) is 0 Å². The fourth-order valence-electron chi connectivity index (χ4n) is 2.77. The predicted molar refractivity (Wildman–Crippen MR) is 109 cm³/mol. The number of ether oxygens (including phenoxy) is 1. The van der Waals surface area contributed by atoms with Crippen LogP contribution in [0.2, 0.25) is 0 Å². The lowest BCUT2D eigenvalue weighted by molar-refractivity contribution is -0.384. The van der Waals surface area contributed by atoms with E-state index in [1.165, 1.54) is 35.6 Å². The third-order valence-corrected chi connectivity index (χ3v) is 5.45. The number of amides is 1. The zero-order chi connectivity index (χ0) is 21.1. The molecule has 2 aromatic carbocycles. The molecule has 8 nitrogen and oxygen atoms in total. The van der Waals surface area contributed by atoms with Gasteiger partial charge in [-0.3, -0.25) is 19.7 Å². The molecule has 1 aromatic heterocycles. The van der Waals surface area contributed by atoms with E-state index in [0.717, 1.165) is 21.3 Å². The van der Waals surface area contributed by atoms with Gasteiger partial charge in [-0.2, -0.15) is 4.99 Å². The van der Waals surface area contributed by atoms with Crippen LogP contribution in [0.25, 0.3) is 10.2 Å². The molecule has 0 unspecified atom stereocenters. The Kier molecular flexibility index (Phi) is 5.88. The molecule has 0 fully saturated rings. The van der Waals surface area contributed by atoms with Gasteiger partial charge in [0.1, 0.15) is 6.54 Å². The highest BCUT2D eigenvalue weighted by Crippen LogP contribution is 2.22. The summed E-state index contributed by atoms with van der Waals surface area (Å²) >= 11 is 1.30. The molecule has 0 aliphatic heterocycles. The molecule has 1 amide bonds. The largest absolute Gasteiger partial charge is 0.465 e. The van der Waals surface area contributed by atoms with E-state index >= 15 is 0 Å². The van der Waals surface area contributed by atoms with Gasteiger partial charge in [0, 0.05) is 17.7 Å². The normalized spacial score (nSPS) is 11.6. The Bertz CT molecular complexity index is 1180. The Morgan fingerprint density at radius 1 is 1.17 bits per heavy atom. The lowest BCUT2D eigenvalue weighted by atomic mass is 10.1. The number of rotatable bonds is 5. The molecule has 0 radical (unpaired) electrons. The summed E-state index contributed by atoms with van der Waals surface area (Å²) in [6.07, 6.45) is 0. The van der Waals surface area contributed by atoms with Crippen molar-refractivity contribution in [3.05, 3.63) is 68.0 Å². The number of esters is 1. The van der Waals surface area contributed by atoms with Gasteiger partial charge >= 0.3 is 5.97 Å². The summed E-state index contributed by atoms with van der Waals surface area (Å²) in [6, 6.07) is 9.19. The molecule has 1 heterocycles. The van der Waals surface area contributed by atoms with Crippen LogP contribution in [0, 0.1) is 24.0 Å². The van der Waals surface area contributed by atoms with Crippen molar-refractivity contribution in [1.29, 1.82) is 0 Å². The zero-order valence-electron chi connectivity index (χ0n) is 16.2. The number of hydrogen-bond acceptors (Lipinski definition) is 6. The standard InChI is InChI=1S/C20H19N3O5S/c1-4-28-18(24)11-22-16-9-12(2)13(3)10-17(16)29-20(22)21-19(25)14-5-7-15(8-6-14)23(26)27/h5-10H,4,11H2,1-3H3. The number of nitrogens with zero attached hydrogens (tertiary/aromatic N) is 3. The Morgan fingerprint density at radius 3 is 2.45 bits per heavy atom. The van der Waals surface area contributed by atoms with E-state index in [1.807, 2.05) is 26.0 Å². The van der Waals surface area contributed by atoms with Crippen molar-refractivity contribution in [2.45, 2.75) is 27.3 Å². The maximum Gasteiger partial charge on any atom is 0.326 e. The highest BCUT2D eigenvalue weighted by molar-refractivity contribution is 7.16. The lowest BCUT2D eigenvalue weighted by Crippen LogP contribution is -2.23. The second-order valence-electron chi connectivity index (χ2n) is 6.40. The van der Waals surface area contributed by atoms with E-state index < -0.39 is 16.8 Å². The number of benzene rings is 2. The van der Waals surface area contributed by atoms with Crippen LogP contribution in [-0.2, 0) is 16.1 Å². The van der Waals surface area contributed by atoms with Gasteiger partial charge in [0.2, 0.25) is 0 Å². The zero-order valence-corrected chi connectivity index (χ0v) is 17.0. The summed E-state index contributed by atoms with van der Waals surface area (Å²) in [5.74, 6) is -0.966. The first-order valence-corrected chi connectivity index (χ1v) is 9.71. The number of aromatic nitrogens is 1. The fraction of sp³-hybridized carbons (Fsp3) is 0.250. The molecule has 0 saturated heterocycles. The summed E-state index contributed by atoms with van der Waals surface area (Å²) in [4.78, 5) is 39.5. The van der Waals surface area contributed by atoms with Crippen molar-refractivity contribution in [3.8, 4) is 0 Å². The minimum Gasteiger partial charge on any atom is -0.465 e. The van der Waals surface area contributed by atoms with Crippen LogP contribution in [0.15, 0.2) is 41.4 Å². The third-order valence-electron chi connectivity index (χ3n) is 4.41. The minimum absolute atomic E-state index is 0.0668. The van der Waals surface area contributed by atoms with Crippen molar-refractivity contribution >= 4 is 39.1 Å². The first kappa shape index (κ1) is 20.4. The van der Waals surface area contributed by atoms with Crippen molar-refractivity contribution in [1.82, 2.24) is 4.57 Å². The topological polar surface area (TPSA) is 104 Å². The average Bonchev–Trinajstić information content (AvgIpc) is 2.98. The molecular weight excluding hydrogens is 394 g/mol. The first-order chi connectivity index (χ1) is 13.8. The van der Waals surface area contributed by atoms with Crippen molar-refractivity contribution < 1.29 is 19.2 Å². The van der Waals surface area contributed by atoms with Crippen molar-refractivity contribution in [2.75, 3.05) is 6.61 Å². The number of aryl methyl sites for hydroxylation is 2. The number of nitro benzene ring substituents is 1. The molecule has 9 heteroatoms. The highest BCUT2D eigenvalue weighted by Gasteiger charge is 2.14. The van der Waals surface area contributed by atoms with E-state index in [2.05, 4.69) is 4.99 Å². The molecule has 0 aliphatic rings. The summed E-state index contributed by atoms with van der Waals surface area (Å²) in [5.41, 5.74) is 3.06. The Labute approximate surface area is 170 Å². The van der Waals surface area contributed by atoms with Gasteiger partial charge in [-0.25, -0.2) is 0 Å².